The van der Waals surface area contributed by atoms with Crippen molar-refractivity contribution in [1.29, 1.82) is 0 Å². The predicted octanol–water partition coefficient (Wildman–Crippen LogP) is 3.03. The van der Waals surface area contributed by atoms with Crippen molar-refractivity contribution in [1.82, 2.24) is 9.80 Å². The molecular weight excluding hydrogens is 448 g/mol. The SMILES string of the molecule is CCN(C[C@H]1CCCO1)C(=O)C[C@@]1(c2ccccc2)CC(=O)N(Cc2ccc3c(c2)OCO3)C1=O. The molecule has 2 saturated heterocycles. The van der Waals surface area contributed by atoms with Gasteiger partial charge >= 0.3 is 0 Å². The number of imide groups is 1. The molecule has 184 valence electrons. The van der Waals surface area contributed by atoms with Gasteiger partial charge in [-0.05, 0) is 43.0 Å². The molecule has 8 heteroatoms. The zero-order valence-electron chi connectivity index (χ0n) is 19.9. The number of hydrogen-bond acceptors (Lipinski definition) is 6. The lowest BCUT2D eigenvalue weighted by Gasteiger charge is -2.31. The first-order valence-corrected chi connectivity index (χ1v) is 12.2. The Morgan fingerprint density at radius 1 is 1.11 bits per heavy atom. The Morgan fingerprint density at radius 3 is 2.66 bits per heavy atom. The van der Waals surface area contributed by atoms with E-state index in [1.807, 2.05) is 43.3 Å². The van der Waals surface area contributed by atoms with Crippen LogP contribution in [0.2, 0.25) is 0 Å². The highest BCUT2D eigenvalue weighted by Crippen LogP contribution is 2.41. The van der Waals surface area contributed by atoms with E-state index in [-0.39, 0.29) is 50.0 Å². The second kappa shape index (κ2) is 9.70. The van der Waals surface area contributed by atoms with Crippen LogP contribution in [-0.4, -0.2) is 60.1 Å². The van der Waals surface area contributed by atoms with E-state index >= 15 is 0 Å². The normalized spacial score (nSPS) is 23.2. The van der Waals surface area contributed by atoms with E-state index in [1.165, 1.54) is 4.90 Å². The van der Waals surface area contributed by atoms with Gasteiger partial charge in [-0.25, -0.2) is 0 Å². The average Bonchev–Trinajstić information content (AvgIpc) is 3.61. The molecule has 0 aliphatic carbocycles. The maximum atomic E-state index is 13.9. The van der Waals surface area contributed by atoms with Crippen LogP contribution in [0, 0.1) is 0 Å². The summed E-state index contributed by atoms with van der Waals surface area (Å²) in [5.74, 6) is 0.471. The monoisotopic (exact) mass is 478 g/mol. The molecule has 3 heterocycles. The third kappa shape index (κ3) is 4.50. The fraction of sp³-hybridized carbons (Fsp3) is 0.444. The van der Waals surface area contributed by atoms with Crippen molar-refractivity contribution in [3.63, 3.8) is 0 Å². The largest absolute Gasteiger partial charge is 0.454 e. The number of carbonyl (C=O) groups excluding carboxylic acids is 3. The number of rotatable bonds is 8. The van der Waals surface area contributed by atoms with Crippen molar-refractivity contribution in [3.8, 4) is 11.5 Å². The van der Waals surface area contributed by atoms with Crippen LogP contribution < -0.4 is 9.47 Å². The molecule has 2 aromatic carbocycles. The molecule has 0 bridgehead atoms. The van der Waals surface area contributed by atoms with Crippen molar-refractivity contribution in [2.45, 2.75) is 50.7 Å². The molecule has 2 aromatic rings. The molecule has 3 aliphatic rings. The molecule has 0 spiro atoms. The Labute approximate surface area is 204 Å². The third-order valence-electron chi connectivity index (χ3n) is 7.15. The molecule has 35 heavy (non-hydrogen) atoms. The van der Waals surface area contributed by atoms with Crippen molar-refractivity contribution in [3.05, 3.63) is 59.7 Å². The number of nitrogens with zero attached hydrogens (tertiary/aromatic N) is 2. The van der Waals surface area contributed by atoms with Gasteiger partial charge in [0.2, 0.25) is 24.5 Å². The van der Waals surface area contributed by atoms with Gasteiger partial charge in [-0.1, -0.05) is 36.4 Å². The van der Waals surface area contributed by atoms with Gasteiger partial charge in [0, 0.05) is 32.5 Å². The van der Waals surface area contributed by atoms with Gasteiger partial charge in [-0.3, -0.25) is 19.3 Å². The van der Waals surface area contributed by atoms with E-state index in [2.05, 4.69) is 0 Å². The summed E-state index contributed by atoms with van der Waals surface area (Å²) in [5.41, 5.74) is 0.225. The van der Waals surface area contributed by atoms with Crippen LogP contribution in [0.25, 0.3) is 0 Å². The number of fused-ring (bicyclic) bond motifs is 1. The first kappa shape index (κ1) is 23.4. The molecule has 0 radical (unpaired) electrons. The van der Waals surface area contributed by atoms with Gasteiger partial charge in [0.15, 0.2) is 11.5 Å². The zero-order valence-corrected chi connectivity index (χ0v) is 19.9. The van der Waals surface area contributed by atoms with Gasteiger partial charge in [-0.15, -0.1) is 0 Å². The Hall–Kier alpha value is -3.39. The smallest absolute Gasteiger partial charge is 0.241 e. The maximum absolute atomic E-state index is 13.9. The summed E-state index contributed by atoms with van der Waals surface area (Å²) in [7, 11) is 0. The summed E-state index contributed by atoms with van der Waals surface area (Å²) in [6, 6.07) is 14.6. The molecule has 2 fully saturated rings. The zero-order chi connectivity index (χ0) is 24.4. The number of benzene rings is 2. The molecule has 2 atom stereocenters. The highest BCUT2D eigenvalue weighted by Gasteiger charge is 2.54. The Bertz CT molecular complexity index is 1110. The average molecular weight is 479 g/mol. The van der Waals surface area contributed by atoms with Gasteiger partial charge in [0.1, 0.15) is 0 Å². The minimum Gasteiger partial charge on any atom is -0.454 e. The summed E-state index contributed by atoms with van der Waals surface area (Å²) in [4.78, 5) is 43.7. The van der Waals surface area contributed by atoms with Gasteiger partial charge in [-0.2, -0.15) is 0 Å². The summed E-state index contributed by atoms with van der Waals surface area (Å²) in [6.07, 6.45) is 1.85. The number of ether oxygens (including phenoxy) is 3. The molecule has 0 unspecified atom stereocenters. The molecule has 3 aliphatic heterocycles. The van der Waals surface area contributed by atoms with Gasteiger partial charge in [0.25, 0.3) is 0 Å². The van der Waals surface area contributed by atoms with Crippen LogP contribution in [0.4, 0.5) is 0 Å². The van der Waals surface area contributed by atoms with E-state index in [4.69, 9.17) is 14.2 Å². The van der Waals surface area contributed by atoms with E-state index in [1.54, 1.807) is 17.0 Å². The fourth-order valence-corrected chi connectivity index (χ4v) is 5.22. The van der Waals surface area contributed by atoms with E-state index in [0.717, 1.165) is 18.4 Å². The highest BCUT2D eigenvalue weighted by atomic mass is 16.7. The Balaban J connectivity index is 1.41. The Kier molecular flexibility index (Phi) is 6.47. The topological polar surface area (TPSA) is 85.4 Å². The lowest BCUT2D eigenvalue weighted by atomic mass is 9.75. The second-order valence-electron chi connectivity index (χ2n) is 9.34. The van der Waals surface area contributed by atoms with Crippen LogP contribution in [0.5, 0.6) is 11.5 Å². The minimum atomic E-state index is -1.23. The molecule has 0 saturated carbocycles. The fourth-order valence-electron chi connectivity index (χ4n) is 5.22. The van der Waals surface area contributed by atoms with Crippen LogP contribution in [0.3, 0.4) is 0 Å². The van der Waals surface area contributed by atoms with E-state index < -0.39 is 5.41 Å². The van der Waals surface area contributed by atoms with Crippen LogP contribution >= 0.6 is 0 Å². The quantitative estimate of drug-likeness (QED) is 0.543. The first-order valence-electron chi connectivity index (χ1n) is 12.2. The summed E-state index contributed by atoms with van der Waals surface area (Å²) in [5, 5.41) is 0. The standard InChI is InChI=1S/C27H30N2O6/c1-2-28(17-21-9-6-12-33-21)24(30)14-27(20-7-4-3-5-8-20)15-25(31)29(26(27)32)16-19-10-11-22-23(13-19)35-18-34-22/h3-5,7-8,10-11,13,21H,2,6,9,12,14-18H2,1H3/t21-,27+/m1/s1. The highest BCUT2D eigenvalue weighted by molar-refractivity contribution is 6.10. The molecule has 5 rings (SSSR count). The molecule has 0 N–H and O–H groups in total. The maximum Gasteiger partial charge on any atom is 0.241 e. The second-order valence-corrected chi connectivity index (χ2v) is 9.34. The summed E-state index contributed by atoms with van der Waals surface area (Å²) < 4.78 is 16.5. The van der Waals surface area contributed by atoms with Gasteiger partial charge in [0.05, 0.1) is 18.1 Å². The van der Waals surface area contributed by atoms with Crippen LogP contribution in [0.1, 0.15) is 43.7 Å². The number of hydrogen-bond donors (Lipinski definition) is 0. The van der Waals surface area contributed by atoms with Crippen molar-refractivity contribution in [2.75, 3.05) is 26.5 Å². The number of amides is 3. The lowest BCUT2D eigenvalue weighted by molar-refractivity contribution is -0.143. The van der Waals surface area contributed by atoms with E-state index in [9.17, 15) is 14.4 Å². The van der Waals surface area contributed by atoms with Gasteiger partial charge < -0.3 is 19.1 Å². The number of likely N-dealkylation sites (N-methyl/N-ethyl adjacent to an activating group) is 1. The van der Waals surface area contributed by atoms with Crippen molar-refractivity contribution >= 4 is 17.7 Å². The molecule has 3 amide bonds. The molecule has 8 nitrogen and oxygen atoms in total. The number of likely N-dealkylation sites (tertiary alicyclic amines) is 1. The third-order valence-corrected chi connectivity index (χ3v) is 7.15. The lowest BCUT2D eigenvalue weighted by Crippen LogP contribution is -2.45. The van der Waals surface area contributed by atoms with E-state index in [0.29, 0.717) is 36.8 Å². The first-order chi connectivity index (χ1) is 17.0. The molecular formula is C27H30N2O6. The Morgan fingerprint density at radius 2 is 1.91 bits per heavy atom. The van der Waals surface area contributed by atoms with Crippen LogP contribution in [0.15, 0.2) is 48.5 Å². The van der Waals surface area contributed by atoms with Crippen molar-refractivity contribution in [2.24, 2.45) is 0 Å². The summed E-state index contributed by atoms with van der Waals surface area (Å²) >= 11 is 0. The molecule has 0 aromatic heterocycles. The number of carbonyl (C=O) groups is 3. The summed E-state index contributed by atoms with van der Waals surface area (Å²) in [6.45, 7) is 3.93. The van der Waals surface area contributed by atoms with Crippen molar-refractivity contribution < 1.29 is 28.6 Å². The van der Waals surface area contributed by atoms with Crippen LogP contribution in [-0.2, 0) is 31.1 Å². The predicted molar refractivity (Wildman–Crippen MR) is 127 cm³/mol. The minimum absolute atomic E-state index is 0.0231.